The van der Waals surface area contributed by atoms with Crippen LogP contribution in [-0.4, -0.2) is 31.6 Å². The molecule has 11 nitrogen and oxygen atoms in total. The minimum Gasteiger partial charge on any atom is -0.527 e. The number of anilines is 2. The third kappa shape index (κ3) is 14.3. The molecule has 1 atom stereocenters. The van der Waals surface area contributed by atoms with Crippen LogP contribution in [0.5, 0.6) is 5.75 Å². The van der Waals surface area contributed by atoms with E-state index in [1.807, 2.05) is 98.8 Å². The monoisotopic (exact) mass is 1540 g/mol. The summed E-state index contributed by atoms with van der Waals surface area (Å²) in [5.41, 5.74) is 19.7. The zero-order valence-corrected chi connectivity index (χ0v) is 61.2. The molecular formula is C92H82IrN10O. The Labute approximate surface area is 635 Å². The predicted molar refractivity (Wildman–Crippen MR) is 418 cm³/mol. The van der Waals surface area contributed by atoms with Gasteiger partial charge in [0.05, 0.1) is 49.7 Å². The zero-order valence-electron chi connectivity index (χ0n) is 66.8. The van der Waals surface area contributed by atoms with E-state index in [1.165, 1.54) is 77.0 Å². The first-order valence-corrected chi connectivity index (χ1v) is 35.0. The molecule has 7 aliphatic heterocycles. The smallest absolute Gasteiger partial charge is 0.294 e. The van der Waals surface area contributed by atoms with E-state index in [2.05, 4.69) is 243 Å². The van der Waals surface area contributed by atoms with Gasteiger partial charge in [-0.3, -0.25) is 4.98 Å². The Morgan fingerprint density at radius 3 is 2.10 bits per heavy atom. The van der Waals surface area contributed by atoms with Crippen LogP contribution in [0, 0.1) is 12.1 Å². The van der Waals surface area contributed by atoms with Crippen LogP contribution in [0.2, 0.25) is 0 Å². The SMILES string of the molecule is C1=CC2=CN3c4ccccc4CC3N2C=C1.C=C1Oc2ccccc2[C-]=C1c1ccccn1.CC(C)N=Nc1c2c3c(cccc3c3ccccc13)CN2.CC(C)c1cccc(C(C)C)c1-n1cc[n+]2c1-c1ccccc1C2.[2H]c1c([2H])c([2H])c2c(c1[2H])C[n+]1c([2H])c([2H])c([2H])c([2H])c1-2.[Ir].[c-]1ccccc1-c1ccccn1. The number of ether oxygens (including phenoxy) is 1. The molecule has 1 unspecified atom stereocenters. The van der Waals surface area contributed by atoms with Crippen LogP contribution in [0.15, 0.2) is 326 Å². The Morgan fingerprint density at radius 2 is 1.32 bits per heavy atom. The first kappa shape index (κ1) is 59.9. The van der Waals surface area contributed by atoms with Crippen LogP contribution in [0.3, 0.4) is 0 Å². The number of pyridine rings is 3. The molecule has 13 aromatic rings. The van der Waals surface area contributed by atoms with Crippen molar-refractivity contribution in [3.63, 3.8) is 0 Å². The maximum Gasteiger partial charge on any atom is 0.294 e. The van der Waals surface area contributed by atoms with Crippen molar-refractivity contribution in [2.24, 2.45) is 10.2 Å². The van der Waals surface area contributed by atoms with Crippen molar-refractivity contribution < 1.29 is 44.9 Å². The molecule has 0 spiro atoms. The van der Waals surface area contributed by atoms with Gasteiger partial charge in [0, 0.05) is 114 Å². The standard InChI is InChI=1S/C22H25N2.C18H17N3.C15H10NO.C14H12N2.C12H10N.C11H8N.Ir/c1-15(2)18-10-7-11-19(16(3)4)21(18)24-13-12-23-14-17-8-5-6-9-20(17)22(23)24;1-11(2)20-21-17-15-8-4-3-7-13(15)14-9-5-6-12-10-19-18(17)16(12)14;1-11-13(14-7-4-5-9-16-14)10-12-6-2-3-8-15(12)17-11;1-2-7-13-11(5-1)9-14-15-8-4-3-6-12(15)10-16(13)14;1-2-6-11-10(5-1)9-13-8-4-3-7-12(11)13;1-2-6-10(7-3-1)11-8-4-5-9-12-11;/h5-13,15-16H,14H2,1-4H3;3-9,11,19H,10H2,1-2H3;2-9H,1H2;1-8,10,14H,9H2;1-8H,9H2;1-6,8-9H;/q+1;;-1;;+1;-1;/i;;;;1D,2D,3D,4D,5D,6D,7D,8D;;. The van der Waals surface area contributed by atoms with Gasteiger partial charge in [0.25, 0.3) is 5.82 Å². The molecule has 0 saturated carbocycles. The molecule has 0 saturated heterocycles. The quantitative estimate of drug-likeness (QED) is 0.0740. The number of imidazole rings is 1. The van der Waals surface area contributed by atoms with Crippen molar-refractivity contribution in [3.05, 3.63) is 373 Å². The molecule has 12 heteroatoms. The van der Waals surface area contributed by atoms with E-state index in [4.69, 9.17) is 15.7 Å². The minimum atomic E-state index is -0.411. The van der Waals surface area contributed by atoms with Crippen LogP contribution < -0.4 is 24.1 Å². The normalized spacial score (nSPS) is 15.4. The number of benzene rings is 9. The molecule has 0 fully saturated rings. The summed E-state index contributed by atoms with van der Waals surface area (Å²) >= 11 is 0. The van der Waals surface area contributed by atoms with Gasteiger partial charge in [-0.05, 0) is 102 Å². The number of aromatic nitrogens is 5. The molecule has 104 heavy (non-hydrogen) atoms. The molecule has 1 N–H and O–H groups in total. The second kappa shape index (κ2) is 31.3. The van der Waals surface area contributed by atoms with Gasteiger partial charge in [-0.25, -0.2) is 4.57 Å². The number of nitrogens with one attached hydrogen (secondary N) is 1. The average Bonchev–Trinajstić information content (AvgIpc) is 1.48. The van der Waals surface area contributed by atoms with Crippen molar-refractivity contribution in [2.45, 2.75) is 91.6 Å². The number of hydrogen-bond donors (Lipinski definition) is 1. The summed E-state index contributed by atoms with van der Waals surface area (Å²) in [7, 11) is 0. The Hall–Kier alpha value is -11.7. The van der Waals surface area contributed by atoms with Gasteiger partial charge in [-0.2, -0.15) is 19.4 Å². The molecule has 0 amide bonds. The van der Waals surface area contributed by atoms with Crippen LogP contribution in [0.4, 0.5) is 17.1 Å². The van der Waals surface area contributed by atoms with Crippen molar-refractivity contribution in [1.29, 1.82) is 0 Å². The third-order valence-corrected chi connectivity index (χ3v) is 18.8. The Bertz CT molecular complexity index is 5810. The van der Waals surface area contributed by atoms with Gasteiger partial charge >= 0.3 is 0 Å². The van der Waals surface area contributed by atoms with E-state index in [0.29, 0.717) is 29.3 Å². The van der Waals surface area contributed by atoms with Crippen molar-refractivity contribution in [2.75, 3.05) is 10.2 Å². The summed E-state index contributed by atoms with van der Waals surface area (Å²) in [6.07, 6.45) is 23.4. The summed E-state index contributed by atoms with van der Waals surface area (Å²) < 4.78 is 74.3. The van der Waals surface area contributed by atoms with E-state index in [9.17, 15) is 0 Å². The second-order valence-electron chi connectivity index (χ2n) is 26.5. The number of fused-ring (bicyclic) bond motifs is 14. The van der Waals surface area contributed by atoms with Gasteiger partial charge in [0.15, 0.2) is 12.7 Å². The fourth-order valence-electron chi connectivity index (χ4n) is 14.0. The summed E-state index contributed by atoms with van der Waals surface area (Å²) in [5.74, 6) is 3.68. The Morgan fingerprint density at radius 1 is 0.635 bits per heavy atom. The maximum absolute atomic E-state index is 7.98. The summed E-state index contributed by atoms with van der Waals surface area (Å²) in [6, 6.07) is 67.4. The van der Waals surface area contributed by atoms with Gasteiger partial charge in [0.2, 0.25) is 5.69 Å². The topological polar surface area (TPSA) is 90.9 Å². The van der Waals surface area contributed by atoms with E-state index >= 15 is 0 Å². The molecule has 9 aromatic carbocycles. The van der Waals surface area contributed by atoms with Gasteiger partial charge in [-0.15, -0.1) is 48.0 Å². The molecule has 11 heterocycles. The zero-order chi connectivity index (χ0) is 77.3. The number of nitrogens with zero attached hydrogens (tertiary/aromatic N) is 9. The number of para-hydroxylation sites is 3. The first-order chi connectivity index (χ1) is 53.8. The minimum absolute atomic E-state index is 0. The van der Waals surface area contributed by atoms with Gasteiger partial charge in [0.1, 0.15) is 37.8 Å². The van der Waals surface area contributed by atoms with Crippen molar-refractivity contribution in [3.8, 4) is 45.3 Å². The van der Waals surface area contributed by atoms with Gasteiger partial charge < -0.3 is 24.8 Å². The maximum atomic E-state index is 7.98. The summed E-state index contributed by atoms with van der Waals surface area (Å²) in [4.78, 5) is 13.2. The largest absolute Gasteiger partial charge is 0.527 e. The van der Waals surface area contributed by atoms with E-state index in [1.54, 1.807) is 12.4 Å². The Kier molecular flexibility index (Phi) is 18.0. The molecule has 7 aliphatic rings. The summed E-state index contributed by atoms with van der Waals surface area (Å²) in [5, 5.41) is 17.4. The number of hydrogen-bond acceptors (Lipinski definition) is 8. The second-order valence-corrected chi connectivity index (χ2v) is 26.5. The van der Waals surface area contributed by atoms with Crippen LogP contribution >= 0.6 is 0 Å². The molecular weight excluding hydrogens is 1450 g/mol. The van der Waals surface area contributed by atoms with E-state index in [-0.39, 0.29) is 80.3 Å². The fraction of sp³-hybridized carbons (Fsp3) is 0.152. The number of azo groups is 1. The van der Waals surface area contributed by atoms with Crippen LogP contribution in [-0.2, 0) is 46.2 Å². The number of rotatable bonds is 7. The molecule has 4 aromatic heterocycles. The third-order valence-electron chi connectivity index (χ3n) is 18.8. The van der Waals surface area contributed by atoms with Crippen LogP contribution in [0.1, 0.15) is 109 Å². The summed E-state index contributed by atoms with van der Waals surface area (Å²) in [6.45, 7) is 19.0. The van der Waals surface area contributed by atoms with Gasteiger partial charge in [-0.1, -0.05) is 209 Å². The molecule has 0 bridgehead atoms. The fourth-order valence-corrected chi connectivity index (χ4v) is 14.0. The molecule has 515 valence electrons. The molecule has 1 radical (unpaired) electrons. The molecule has 0 aliphatic carbocycles. The van der Waals surface area contributed by atoms with E-state index in [0.717, 1.165) is 70.1 Å². The van der Waals surface area contributed by atoms with E-state index < -0.39 is 12.1 Å². The van der Waals surface area contributed by atoms with Crippen molar-refractivity contribution in [1.82, 2.24) is 19.4 Å². The Balaban J connectivity index is 0.000000113. The molecule has 20 rings (SSSR count). The number of allylic oxidation sites excluding steroid dienone is 4. The average molecular weight is 1540 g/mol. The first-order valence-electron chi connectivity index (χ1n) is 39.0. The van der Waals surface area contributed by atoms with Crippen molar-refractivity contribution >= 4 is 44.2 Å². The predicted octanol–water partition coefficient (Wildman–Crippen LogP) is 20.8. The van der Waals surface area contributed by atoms with Crippen LogP contribution in [0.25, 0.3) is 66.7 Å².